The third-order valence-electron chi connectivity index (χ3n) is 4.56. The van der Waals surface area contributed by atoms with Crippen LogP contribution in [0.3, 0.4) is 0 Å². The Hall–Kier alpha value is -2.59. The molecule has 146 valence electrons. The topological polar surface area (TPSA) is 87.4 Å². The summed E-state index contributed by atoms with van der Waals surface area (Å²) in [5, 5.41) is 23.9. The summed E-state index contributed by atoms with van der Waals surface area (Å²) in [5.41, 5.74) is 1.06. The van der Waals surface area contributed by atoms with Gasteiger partial charge in [-0.1, -0.05) is 17.8 Å². The number of carbonyl (C=O) groups is 1. The third kappa shape index (κ3) is 4.45. The van der Waals surface area contributed by atoms with Gasteiger partial charge in [0.25, 0.3) is 0 Å². The Morgan fingerprint density at radius 3 is 2.64 bits per heavy atom. The van der Waals surface area contributed by atoms with E-state index in [9.17, 15) is 9.90 Å². The van der Waals surface area contributed by atoms with Crippen LogP contribution in [0.4, 0.5) is 5.69 Å². The molecule has 0 saturated carbocycles. The van der Waals surface area contributed by atoms with E-state index in [0.29, 0.717) is 30.5 Å². The van der Waals surface area contributed by atoms with Crippen LogP contribution < -0.4 is 4.90 Å². The van der Waals surface area contributed by atoms with Crippen molar-refractivity contribution in [3.63, 3.8) is 0 Å². The number of rotatable bonds is 6. The van der Waals surface area contributed by atoms with Crippen molar-refractivity contribution in [2.24, 2.45) is 0 Å². The molecule has 0 atom stereocenters. The molecule has 2 aromatic heterocycles. The average Bonchev–Trinajstić information content (AvgIpc) is 3.39. The van der Waals surface area contributed by atoms with Crippen LogP contribution in [0.2, 0.25) is 0 Å². The Morgan fingerprint density at radius 1 is 1.14 bits per heavy atom. The quantitative estimate of drug-likeness (QED) is 0.614. The standard InChI is InChI=1S/C18H20N6O2S2/c25-15-5-3-14(4-6-15)22-7-9-23(10-8-22)17(26)13-28-18-19-20-21-24(18)12-16-2-1-11-27-16/h1-6,11,25H,7-10,12-13H2. The molecule has 3 aromatic rings. The lowest BCUT2D eigenvalue weighted by atomic mass is 10.2. The number of phenolic OH excluding ortho intramolecular Hbond substituents is 1. The van der Waals surface area contributed by atoms with Gasteiger partial charge in [-0.25, -0.2) is 4.68 Å². The number of piperazine rings is 1. The molecule has 8 nitrogen and oxygen atoms in total. The Labute approximate surface area is 170 Å². The van der Waals surface area contributed by atoms with E-state index < -0.39 is 0 Å². The van der Waals surface area contributed by atoms with Gasteiger partial charge >= 0.3 is 0 Å². The number of nitrogens with zero attached hydrogens (tertiary/aromatic N) is 6. The molecule has 1 aromatic carbocycles. The van der Waals surface area contributed by atoms with Crippen LogP contribution in [0.1, 0.15) is 4.88 Å². The van der Waals surface area contributed by atoms with Crippen molar-refractivity contribution in [3.05, 3.63) is 46.7 Å². The van der Waals surface area contributed by atoms with Crippen LogP contribution in [0.25, 0.3) is 0 Å². The monoisotopic (exact) mass is 416 g/mol. The molecule has 0 bridgehead atoms. The second kappa shape index (κ2) is 8.61. The summed E-state index contributed by atoms with van der Waals surface area (Å²) < 4.78 is 1.73. The lowest BCUT2D eigenvalue weighted by molar-refractivity contribution is -0.128. The van der Waals surface area contributed by atoms with E-state index in [2.05, 4.69) is 20.4 Å². The smallest absolute Gasteiger partial charge is 0.233 e. The highest BCUT2D eigenvalue weighted by molar-refractivity contribution is 7.99. The first-order valence-electron chi connectivity index (χ1n) is 8.92. The zero-order valence-corrected chi connectivity index (χ0v) is 16.8. The Bertz CT molecular complexity index is 905. The van der Waals surface area contributed by atoms with Crippen molar-refractivity contribution >= 4 is 34.7 Å². The Morgan fingerprint density at radius 2 is 1.93 bits per heavy atom. The number of thiophene rings is 1. The number of amides is 1. The number of anilines is 1. The molecule has 0 aliphatic carbocycles. The minimum absolute atomic E-state index is 0.0982. The largest absolute Gasteiger partial charge is 0.508 e. The first kappa shape index (κ1) is 18.8. The lowest BCUT2D eigenvalue weighted by Gasteiger charge is -2.36. The number of thioether (sulfide) groups is 1. The van der Waals surface area contributed by atoms with E-state index in [1.165, 1.54) is 16.6 Å². The Kier molecular flexibility index (Phi) is 5.77. The van der Waals surface area contributed by atoms with Gasteiger partial charge in [0.2, 0.25) is 11.1 Å². The molecule has 0 unspecified atom stereocenters. The van der Waals surface area contributed by atoms with Gasteiger partial charge in [0.15, 0.2) is 0 Å². The fraction of sp³-hybridized carbons (Fsp3) is 0.333. The first-order valence-corrected chi connectivity index (χ1v) is 10.8. The van der Waals surface area contributed by atoms with E-state index in [-0.39, 0.29) is 11.7 Å². The molecule has 1 aliphatic heterocycles. The van der Waals surface area contributed by atoms with E-state index >= 15 is 0 Å². The maximum absolute atomic E-state index is 12.6. The van der Waals surface area contributed by atoms with E-state index in [1.54, 1.807) is 28.2 Å². The molecule has 1 aliphatic rings. The SMILES string of the molecule is O=C(CSc1nnnn1Cc1cccs1)N1CCN(c2ccc(O)cc2)CC1. The van der Waals surface area contributed by atoms with Gasteiger partial charge < -0.3 is 14.9 Å². The summed E-state index contributed by atoms with van der Waals surface area (Å²) in [6.07, 6.45) is 0. The molecule has 28 heavy (non-hydrogen) atoms. The number of hydrogen-bond acceptors (Lipinski definition) is 8. The number of carbonyl (C=O) groups excluding carboxylic acids is 1. The first-order chi connectivity index (χ1) is 13.7. The highest BCUT2D eigenvalue weighted by Gasteiger charge is 2.22. The summed E-state index contributed by atoms with van der Waals surface area (Å²) in [6.45, 7) is 3.53. The van der Waals surface area contributed by atoms with Crippen molar-refractivity contribution in [2.75, 3.05) is 36.8 Å². The highest BCUT2D eigenvalue weighted by Crippen LogP contribution is 2.21. The second-order valence-corrected chi connectivity index (χ2v) is 8.35. The predicted molar refractivity (Wildman–Crippen MR) is 109 cm³/mol. The molecular formula is C18H20N6O2S2. The number of phenols is 1. The van der Waals surface area contributed by atoms with Crippen LogP contribution in [-0.2, 0) is 11.3 Å². The molecule has 0 spiro atoms. The number of tetrazole rings is 1. The van der Waals surface area contributed by atoms with E-state index in [4.69, 9.17) is 0 Å². The number of aromatic hydroxyl groups is 1. The molecule has 3 heterocycles. The van der Waals surface area contributed by atoms with Crippen molar-refractivity contribution in [3.8, 4) is 5.75 Å². The van der Waals surface area contributed by atoms with E-state index in [0.717, 1.165) is 18.8 Å². The fourth-order valence-corrected chi connectivity index (χ4v) is 4.51. The summed E-state index contributed by atoms with van der Waals surface area (Å²) in [5.74, 6) is 0.682. The van der Waals surface area contributed by atoms with E-state index in [1.807, 2.05) is 34.5 Å². The van der Waals surface area contributed by atoms with Gasteiger partial charge in [-0.3, -0.25) is 4.79 Å². The van der Waals surface area contributed by atoms with Gasteiger partial charge in [-0.2, -0.15) is 0 Å². The molecule has 1 fully saturated rings. The average molecular weight is 417 g/mol. The van der Waals surface area contributed by atoms with Crippen molar-refractivity contribution < 1.29 is 9.90 Å². The van der Waals surface area contributed by atoms with Crippen molar-refractivity contribution in [2.45, 2.75) is 11.7 Å². The molecule has 1 amide bonds. The molecular weight excluding hydrogens is 396 g/mol. The second-order valence-electron chi connectivity index (χ2n) is 6.37. The van der Waals surface area contributed by atoms with Crippen LogP contribution >= 0.6 is 23.1 Å². The number of hydrogen-bond donors (Lipinski definition) is 1. The van der Waals surface area contributed by atoms with Gasteiger partial charge in [0.1, 0.15) is 5.75 Å². The fourth-order valence-electron chi connectivity index (χ4n) is 3.04. The van der Waals surface area contributed by atoms with Crippen molar-refractivity contribution in [1.29, 1.82) is 0 Å². The van der Waals surface area contributed by atoms with Crippen LogP contribution in [0, 0.1) is 0 Å². The molecule has 10 heteroatoms. The maximum Gasteiger partial charge on any atom is 0.233 e. The summed E-state index contributed by atoms with van der Waals surface area (Å²) in [7, 11) is 0. The summed E-state index contributed by atoms with van der Waals surface area (Å²) in [4.78, 5) is 17.9. The lowest BCUT2D eigenvalue weighted by Crippen LogP contribution is -2.49. The minimum atomic E-state index is 0.0982. The third-order valence-corrected chi connectivity index (χ3v) is 6.36. The van der Waals surface area contributed by atoms with Gasteiger partial charge in [-0.05, 0) is 46.1 Å². The summed E-state index contributed by atoms with van der Waals surface area (Å²) in [6, 6.07) is 11.2. The van der Waals surface area contributed by atoms with Crippen LogP contribution in [0.15, 0.2) is 46.9 Å². The predicted octanol–water partition coefficient (Wildman–Crippen LogP) is 1.93. The molecule has 0 radical (unpaired) electrons. The highest BCUT2D eigenvalue weighted by atomic mass is 32.2. The normalized spacial score (nSPS) is 14.4. The molecule has 4 rings (SSSR count). The Balaban J connectivity index is 1.27. The van der Waals surface area contributed by atoms with Crippen LogP contribution in [0.5, 0.6) is 5.75 Å². The van der Waals surface area contributed by atoms with Crippen LogP contribution in [-0.4, -0.2) is 68.1 Å². The van der Waals surface area contributed by atoms with Crippen molar-refractivity contribution in [1.82, 2.24) is 25.1 Å². The summed E-state index contributed by atoms with van der Waals surface area (Å²) >= 11 is 3.03. The van der Waals surface area contributed by atoms with Gasteiger partial charge in [-0.15, -0.1) is 16.4 Å². The molecule has 1 saturated heterocycles. The number of benzene rings is 1. The maximum atomic E-state index is 12.6. The zero-order chi connectivity index (χ0) is 19.3. The van der Waals surface area contributed by atoms with Gasteiger partial charge in [0.05, 0.1) is 12.3 Å². The number of aromatic nitrogens is 4. The zero-order valence-electron chi connectivity index (χ0n) is 15.1. The molecule has 1 N–H and O–H groups in total. The minimum Gasteiger partial charge on any atom is -0.508 e. The van der Waals surface area contributed by atoms with Gasteiger partial charge in [0, 0.05) is 36.7 Å².